The van der Waals surface area contributed by atoms with Crippen LogP contribution in [0.1, 0.15) is 5.56 Å². The Labute approximate surface area is 130 Å². The molecule has 0 aliphatic heterocycles. The van der Waals surface area contributed by atoms with Crippen molar-refractivity contribution in [3.05, 3.63) is 64.5 Å². The molecular weight excluding hydrogens is 357 g/mol. The van der Waals surface area contributed by atoms with Crippen LogP contribution in [0.3, 0.4) is 0 Å². The van der Waals surface area contributed by atoms with Crippen molar-refractivity contribution in [2.24, 2.45) is 0 Å². The Morgan fingerprint density at radius 1 is 1.10 bits per heavy atom. The van der Waals surface area contributed by atoms with Gasteiger partial charge in [0, 0.05) is 9.86 Å². The number of rotatable bonds is 2. The monoisotopic (exact) mass is 367 g/mol. The van der Waals surface area contributed by atoms with Gasteiger partial charge in [-0.1, -0.05) is 33.6 Å². The molecule has 0 radical (unpaired) electrons. The van der Waals surface area contributed by atoms with Crippen LogP contribution < -0.4 is 0 Å². The van der Waals surface area contributed by atoms with Crippen molar-refractivity contribution in [1.29, 1.82) is 0 Å². The Balaban J connectivity index is 2.28. The van der Waals surface area contributed by atoms with E-state index in [4.69, 9.17) is 0 Å². The van der Waals surface area contributed by atoms with E-state index in [0.29, 0.717) is 9.99 Å². The Morgan fingerprint density at radius 2 is 1.76 bits per heavy atom. The molecule has 0 atom stereocenters. The number of halogens is 2. The van der Waals surface area contributed by atoms with Gasteiger partial charge in [0.1, 0.15) is 5.82 Å². The maximum Gasteiger partial charge on any atom is 0.268 e. The van der Waals surface area contributed by atoms with Gasteiger partial charge in [-0.3, -0.25) is 0 Å². The van der Waals surface area contributed by atoms with E-state index in [1.165, 1.54) is 12.1 Å². The molecule has 0 amide bonds. The second-order valence-corrected chi connectivity index (χ2v) is 7.48. The van der Waals surface area contributed by atoms with Gasteiger partial charge in [0.15, 0.2) is 0 Å². The lowest BCUT2D eigenvalue weighted by atomic mass is 10.2. The van der Waals surface area contributed by atoms with Crippen LogP contribution in [-0.2, 0) is 10.0 Å². The van der Waals surface area contributed by atoms with E-state index < -0.39 is 15.8 Å². The van der Waals surface area contributed by atoms with Gasteiger partial charge in [-0.05, 0) is 37.3 Å². The molecule has 0 fully saturated rings. The van der Waals surface area contributed by atoms with Crippen LogP contribution in [0.25, 0.3) is 10.9 Å². The molecule has 0 N–H and O–H groups in total. The molecular formula is C15H11BrFNO2S. The van der Waals surface area contributed by atoms with Gasteiger partial charge in [0.25, 0.3) is 10.0 Å². The van der Waals surface area contributed by atoms with Crippen molar-refractivity contribution in [3.8, 4) is 0 Å². The van der Waals surface area contributed by atoms with E-state index in [-0.39, 0.29) is 10.3 Å². The van der Waals surface area contributed by atoms with Crippen LogP contribution in [0, 0.1) is 12.7 Å². The molecule has 2 aromatic carbocycles. The summed E-state index contributed by atoms with van der Waals surface area (Å²) >= 11 is 3.28. The number of benzene rings is 2. The summed E-state index contributed by atoms with van der Waals surface area (Å²) < 4.78 is 40.9. The summed E-state index contributed by atoms with van der Waals surface area (Å²) in [7, 11) is -3.82. The Bertz CT molecular complexity index is 930. The average Bonchev–Trinajstić information content (AvgIpc) is 2.76. The maximum atomic E-state index is 13.9. The minimum absolute atomic E-state index is 0.130. The van der Waals surface area contributed by atoms with Gasteiger partial charge >= 0.3 is 0 Å². The number of nitrogens with zero attached hydrogens (tertiary/aromatic N) is 1. The predicted octanol–water partition coefficient (Wildman–Crippen LogP) is 4.09. The van der Waals surface area contributed by atoms with Crippen LogP contribution in [0.4, 0.5) is 4.39 Å². The van der Waals surface area contributed by atoms with Gasteiger partial charge < -0.3 is 0 Å². The first-order valence-corrected chi connectivity index (χ1v) is 8.41. The van der Waals surface area contributed by atoms with Crippen molar-refractivity contribution >= 4 is 36.9 Å². The zero-order chi connectivity index (χ0) is 15.2. The highest BCUT2D eigenvalue weighted by atomic mass is 79.9. The lowest BCUT2D eigenvalue weighted by molar-refractivity contribution is 0.586. The molecule has 0 saturated carbocycles. The van der Waals surface area contributed by atoms with Gasteiger partial charge in [-0.15, -0.1) is 0 Å². The molecule has 21 heavy (non-hydrogen) atoms. The van der Waals surface area contributed by atoms with Gasteiger partial charge in [-0.2, -0.15) is 0 Å². The smallest absolute Gasteiger partial charge is 0.238 e. The van der Waals surface area contributed by atoms with Crippen LogP contribution in [0.5, 0.6) is 0 Å². The van der Waals surface area contributed by atoms with Gasteiger partial charge in [-0.25, -0.2) is 16.8 Å². The fraction of sp³-hybridized carbons (Fsp3) is 0.0667. The van der Waals surface area contributed by atoms with E-state index in [0.717, 1.165) is 15.7 Å². The van der Waals surface area contributed by atoms with E-state index in [2.05, 4.69) is 15.9 Å². The summed E-state index contributed by atoms with van der Waals surface area (Å²) in [6.45, 7) is 1.87. The zero-order valence-corrected chi connectivity index (χ0v) is 13.4. The Kier molecular flexibility index (Phi) is 3.37. The lowest BCUT2D eigenvalue weighted by Crippen LogP contribution is -2.11. The largest absolute Gasteiger partial charge is 0.268 e. The minimum atomic E-state index is -3.82. The van der Waals surface area contributed by atoms with E-state index in [1.807, 2.05) is 6.92 Å². The third kappa shape index (κ3) is 2.38. The number of aryl methyl sites for hydroxylation is 1. The van der Waals surface area contributed by atoms with Gasteiger partial charge in [0.05, 0.1) is 16.6 Å². The molecule has 6 heteroatoms. The van der Waals surface area contributed by atoms with Crippen LogP contribution in [0.15, 0.2) is 58.0 Å². The molecule has 0 aliphatic rings. The summed E-state index contributed by atoms with van der Waals surface area (Å²) in [6, 6.07) is 11.3. The quantitative estimate of drug-likeness (QED) is 0.684. The lowest BCUT2D eigenvalue weighted by Gasteiger charge is -2.07. The molecule has 0 aliphatic carbocycles. The normalized spacial score (nSPS) is 12.0. The first kappa shape index (κ1) is 14.3. The number of hydrogen-bond acceptors (Lipinski definition) is 2. The SMILES string of the molecule is Cc1ccc(S(=O)(=O)n2cc(F)c3ccc(Br)cc32)cc1. The first-order chi connectivity index (χ1) is 9.89. The van der Waals surface area contributed by atoms with Crippen molar-refractivity contribution < 1.29 is 12.8 Å². The fourth-order valence-electron chi connectivity index (χ4n) is 2.15. The second-order valence-electron chi connectivity index (χ2n) is 4.75. The maximum absolute atomic E-state index is 13.9. The average molecular weight is 368 g/mol. The molecule has 0 spiro atoms. The van der Waals surface area contributed by atoms with Crippen LogP contribution in [-0.4, -0.2) is 12.4 Å². The van der Waals surface area contributed by atoms with E-state index in [1.54, 1.807) is 30.3 Å². The molecule has 3 rings (SSSR count). The molecule has 3 aromatic rings. The Hall–Kier alpha value is -1.66. The first-order valence-electron chi connectivity index (χ1n) is 6.18. The van der Waals surface area contributed by atoms with Crippen molar-refractivity contribution in [2.45, 2.75) is 11.8 Å². The highest BCUT2D eigenvalue weighted by Crippen LogP contribution is 2.27. The molecule has 1 heterocycles. The molecule has 0 bridgehead atoms. The van der Waals surface area contributed by atoms with Crippen LogP contribution >= 0.6 is 15.9 Å². The standard InChI is InChI=1S/C15H11BrFNO2S/c1-10-2-5-12(6-3-10)21(19,20)18-9-14(17)13-7-4-11(16)8-15(13)18/h2-9H,1H3. The molecule has 3 nitrogen and oxygen atoms in total. The topological polar surface area (TPSA) is 39.1 Å². The third-order valence-electron chi connectivity index (χ3n) is 3.26. The second kappa shape index (κ2) is 4.96. The van der Waals surface area contributed by atoms with Crippen molar-refractivity contribution in [1.82, 2.24) is 3.97 Å². The molecule has 0 unspecified atom stereocenters. The highest BCUT2D eigenvalue weighted by molar-refractivity contribution is 9.10. The third-order valence-corrected chi connectivity index (χ3v) is 5.44. The zero-order valence-electron chi connectivity index (χ0n) is 11.0. The number of aromatic nitrogens is 1. The fourth-order valence-corrected chi connectivity index (χ4v) is 3.85. The van der Waals surface area contributed by atoms with E-state index >= 15 is 0 Å². The van der Waals surface area contributed by atoms with Gasteiger partial charge in [0.2, 0.25) is 0 Å². The summed E-state index contributed by atoms with van der Waals surface area (Å²) in [4.78, 5) is 0.130. The predicted molar refractivity (Wildman–Crippen MR) is 83.4 cm³/mol. The highest BCUT2D eigenvalue weighted by Gasteiger charge is 2.21. The summed E-state index contributed by atoms with van der Waals surface area (Å²) in [5, 5.41) is 0.272. The molecule has 1 aromatic heterocycles. The van der Waals surface area contributed by atoms with Crippen molar-refractivity contribution in [3.63, 3.8) is 0 Å². The minimum Gasteiger partial charge on any atom is -0.238 e. The van der Waals surface area contributed by atoms with Crippen molar-refractivity contribution in [2.75, 3.05) is 0 Å². The Morgan fingerprint density at radius 3 is 2.43 bits per heavy atom. The summed E-state index contributed by atoms with van der Waals surface area (Å²) in [6.07, 6.45) is 1.01. The number of hydrogen-bond donors (Lipinski definition) is 0. The number of fused-ring (bicyclic) bond motifs is 1. The van der Waals surface area contributed by atoms with E-state index in [9.17, 15) is 12.8 Å². The summed E-state index contributed by atoms with van der Waals surface area (Å²) in [5.74, 6) is -0.562. The van der Waals surface area contributed by atoms with Crippen LogP contribution in [0.2, 0.25) is 0 Å². The molecule has 0 saturated heterocycles. The summed E-state index contributed by atoms with van der Waals surface area (Å²) in [5.41, 5.74) is 1.27. The molecule has 108 valence electrons.